The van der Waals surface area contributed by atoms with Gasteiger partial charge in [0, 0.05) is 0 Å². The molecule has 0 amide bonds. The van der Waals surface area contributed by atoms with Gasteiger partial charge in [-0.15, -0.1) is 0 Å². The second kappa shape index (κ2) is 16.2. The zero-order chi connectivity index (χ0) is 0. The zero-order valence-electron chi connectivity index (χ0n) is 1.91. The second-order valence-electron chi connectivity index (χ2n) is 0. The third kappa shape index (κ3) is 9.03. The van der Waals surface area contributed by atoms with Crippen LogP contribution in [0.25, 0.3) is 0 Å². The van der Waals surface area contributed by atoms with E-state index >= 15 is 0 Å². The van der Waals surface area contributed by atoms with Gasteiger partial charge in [0.25, 0.3) is 0 Å². The first-order valence-electron chi connectivity index (χ1n) is 0. The molecule has 0 aromatic rings. The molecule has 0 aromatic heterocycles. The molecule has 0 spiro atoms. The number of hydrogen-bond acceptors (Lipinski definition) is 0. The summed E-state index contributed by atoms with van der Waals surface area (Å²) in [5, 5.41) is 0. The van der Waals surface area contributed by atoms with Crippen LogP contribution in [0.2, 0.25) is 0 Å². The maximum absolute atomic E-state index is 0. The van der Waals surface area contributed by atoms with Crippen LogP contribution < -0.4 is 0 Å². The first-order chi connectivity index (χ1) is 0. The molecule has 0 aromatic carbocycles. The molecule has 0 rings (SSSR count). The van der Waals surface area contributed by atoms with E-state index in [2.05, 4.69) is 0 Å². The summed E-state index contributed by atoms with van der Waals surface area (Å²) in [6.45, 7) is 0. The van der Waals surface area contributed by atoms with Gasteiger partial charge in [0.15, 0.2) is 0 Å². The summed E-state index contributed by atoms with van der Waals surface area (Å²) in [4.78, 5) is 0. The molecular formula is H11BiInSbTe. The van der Waals surface area contributed by atoms with Gasteiger partial charge >= 0.3 is 100 Å². The first-order valence-corrected chi connectivity index (χ1v) is 0. The molecule has 4 heteroatoms. The van der Waals surface area contributed by atoms with E-state index in [4.69, 9.17) is 0 Å². The van der Waals surface area contributed by atoms with E-state index in [1.165, 1.54) is 0 Å². The fraction of sp³-hybridized carbons (Fsp3) is 0. The molecule has 0 aliphatic carbocycles. The quantitative estimate of drug-likeness (QED) is 0.253. The SMILES string of the molecule is [BiH3].[InH3].[SbH3].[TeH2]. The summed E-state index contributed by atoms with van der Waals surface area (Å²) < 4.78 is 0. The Hall–Kier alpha value is 3.36. The molecule has 0 N–H and O–H groups in total. The van der Waals surface area contributed by atoms with Gasteiger partial charge in [-0.25, -0.2) is 0 Å². The molecule has 0 fully saturated rings. The van der Waals surface area contributed by atoms with E-state index in [1.807, 2.05) is 0 Å². The van der Waals surface area contributed by atoms with E-state index in [0.29, 0.717) is 0 Å². The van der Waals surface area contributed by atoms with Gasteiger partial charge in [-0.2, -0.15) is 0 Å². The van der Waals surface area contributed by atoms with Crippen molar-refractivity contribution in [2.24, 2.45) is 0 Å². The Kier molecular flexibility index (Phi) is 107. The molecule has 4 heavy (non-hydrogen) atoms. The van der Waals surface area contributed by atoms with Gasteiger partial charge in [-0.1, -0.05) is 0 Å². The van der Waals surface area contributed by atoms with Crippen molar-refractivity contribution in [1.82, 2.24) is 0 Å². The van der Waals surface area contributed by atoms with E-state index in [-0.39, 0.29) is 100 Å². The summed E-state index contributed by atoms with van der Waals surface area (Å²) in [7, 11) is 0. The average molecular weight is 584 g/mol. The molecule has 0 nitrogen and oxygen atoms in total. The van der Waals surface area contributed by atoms with E-state index in [9.17, 15) is 0 Å². The average Bonchev–Trinajstić information content (AvgIpc) is 0. The normalized spacial score (nSPS) is 0. The van der Waals surface area contributed by atoms with Crippen LogP contribution in [-0.4, -0.2) is 100 Å². The van der Waals surface area contributed by atoms with E-state index in [0.717, 1.165) is 0 Å². The van der Waals surface area contributed by atoms with Gasteiger partial charge < -0.3 is 0 Å². The molecule has 0 saturated carbocycles. The Morgan fingerprint density at radius 3 is 1.00 bits per heavy atom. The van der Waals surface area contributed by atoms with Crippen LogP contribution in [-0.2, 0) is 0 Å². The summed E-state index contributed by atoms with van der Waals surface area (Å²) in [6, 6.07) is 0. The third-order valence-electron chi connectivity index (χ3n) is 0. The van der Waals surface area contributed by atoms with Gasteiger partial charge in [0.05, 0.1) is 0 Å². The summed E-state index contributed by atoms with van der Waals surface area (Å²) in [5.74, 6) is 0. The Labute approximate surface area is 97.9 Å². The monoisotopic (exact) mass is 586 g/mol. The predicted octanol–water partition coefficient (Wildman–Crippen LogP) is -4.47. The fourth-order valence-electron chi connectivity index (χ4n) is 0. The number of rotatable bonds is 0. The molecule has 0 bridgehead atoms. The van der Waals surface area contributed by atoms with Crippen molar-refractivity contribution in [2.75, 3.05) is 0 Å². The Balaban J connectivity index is 0. The predicted molar refractivity (Wildman–Crippen MR) is 38.4 cm³/mol. The van der Waals surface area contributed by atoms with E-state index in [1.54, 1.807) is 0 Å². The van der Waals surface area contributed by atoms with E-state index < -0.39 is 0 Å². The zero-order valence-corrected chi connectivity index (χ0v) is 14.3. The third-order valence-corrected chi connectivity index (χ3v) is 0. The molecule has 0 aliphatic rings. The van der Waals surface area contributed by atoms with Crippen molar-refractivity contribution >= 4 is 100 Å². The van der Waals surface area contributed by atoms with Crippen LogP contribution in [0.5, 0.6) is 0 Å². The Morgan fingerprint density at radius 1 is 1.00 bits per heavy atom. The molecule has 0 unspecified atom stereocenters. The van der Waals surface area contributed by atoms with Crippen LogP contribution in [0.1, 0.15) is 0 Å². The van der Waals surface area contributed by atoms with Crippen molar-refractivity contribution in [1.29, 1.82) is 0 Å². The fourth-order valence-corrected chi connectivity index (χ4v) is 0. The van der Waals surface area contributed by atoms with Crippen molar-refractivity contribution in [3.8, 4) is 0 Å². The summed E-state index contributed by atoms with van der Waals surface area (Å²) >= 11 is 0. The minimum atomic E-state index is 0. The summed E-state index contributed by atoms with van der Waals surface area (Å²) in [6.07, 6.45) is 0. The van der Waals surface area contributed by atoms with Crippen molar-refractivity contribution in [3.05, 3.63) is 0 Å². The molecule has 0 radical (unpaired) electrons. The van der Waals surface area contributed by atoms with Gasteiger partial charge in [-0.05, 0) is 0 Å². The van der Waals surface area contributed by atoms with Crippen LogP contribution in [0.4, 0.5) is 0 Å². The molecule has 0 aliphatic heterocycles. The maximum atomic E-state index is 0. The van der Waals surface area contributed by atoms with Gasteiger partial charge in [0.2, 0.25) is 0 Å². The molecule has 0 heterocycles. The number of hydrogen-bond donors (Lipinski definition) is 0. The summed E-state index contributed by atoms with van der Waals surface area (Å²) in [5.41, 5.74) is 0. The topological polar surface area (TPSA) is 0 Å². The molecular weight excluding hydrogens is 573 g/mol. The Morgan fingerprint density at radius 2 is 1.00 bits per heavy atom. The second-order valence-corrected chi connectivity index (χ2v) is 0. The van der Waals surface area contributed by atoms with Crippen molar-refractivity contribution in [3.63, 3.8) is 0 Å². The van der Waals surface area contributed by atoms with Gasteiger partial charge in [-0.3, -0.25) is 0 Å². The Bertz CT molecular complexity index is 8.00. The van der Waals surface area contributed by atoms with Crippen molar-refractivity contribution in [2.45, 2.75) is 0 Å². The van der Waals surface area contributed by atoms with Crippen LogP contribution in [0.15, 0.2) is 0 Å². The van der Waals surface area contributed by atoms with Crippen LogP contribution >= 0.6 is 0 Å². The van der Waals surface area contributed by atoms with Crippen molar-refractivity contribution < 1.29 is 0 Å². The molecule has 0 saturated heterocycles. The first kappa shape index (κ1) is 26.4. The minimum absolute atomic E-state index is 0. The molecule has 0 atom stereocenters. The van der Waals surface area contributed by atoms with Crippen LogP contribution in [0, 0.1) is 0 Å². The van der Waals surface area contributed by atoms with Gasteiger partial charge in [0.1, 0.15) is 0 Å². The molecule has 30 valence electrons. The van der Waals surface area contributed by atoms with Crippen LogP contribution in [0.3, 0.4) is 0 Å². The standard InChI is InChI=1S/Bi.In.Sb.H2Te.9H/h;;;1H2;;;;;;;;;.